The third-order valence-corrected chi connectivity index (χ3v) is 6.17. The van der Waals surface area contributed by atoms with Crippen LogP contribution in [-0.4, -0.2) is 42.4 Å². The molecule has 7 heteroatoms. The molecule has 2 N–H and O–H groups in total. The van der Waals surface area contributed by atoms with E-state index in [1.54, 1.807) is 4.90 Å². The third-order valence-electron chi connectivity index (χ3n) is 4.95. The van der Waals surface area contributed by atoms with E-state index in [-0.39, 0.29) is 24.3 Å². The molecule has 25 heavy (non-hydrogen) atoms. The number of esters is 1. The SMILES string of the molecule is NC(=O)[C@@H]1CCCN(C(=O)COC(=O)c2cc3c(s2)CCCCC3)C1. The minimum Gasteiger partial charge on any atom is -0.451 e. The topological polar surface area (TPSA) is 89.7 Å². The predicted octanol–water partition coefficient (Wildman–Crippen LogP) is 1.90. The molecule has 1 saturated heterocycles. The molecular weight excluding hydrogens is 340 g/mol. The lowest BCUT2D eigenvalue weighted by atomic mass is 9.97. The molecule has 0 bridgehead atoms. The highest BCUT2D eigenvalue weighted by Crippen LogP contribution is 2.29. The molecule has 2 heterocycles. The van der Waals surface area contributed by atoms with E-state index in [0.717, 1.165) is 32.1 Å². The maximum Gasteiger partial charge on any atom is 0.348 e. The Morgan fingerprint density at radius 1 is 1.20 bits per heavy atom. The van der Waals surface area contributed by atoms with Crippen LogP contribution in [-0.2, 0) is 27.2 Å². The number of fused-ring (bicyclic) bond motifs is 1. The van der Waals surface area contributed by atoms with Crippen molar-refractivity contribution in [3.8, 4) is 0 Å². The summed E-state index contributed by atoms with van der Waals surface area (Å²) < 4.78 is 5.21. The van der Waals surface area contributed by atoms with E-state index in [4.69, 9.17) is 10.5 Å². The van der Waals surface area contributed by atoms with E-state index in [1.807, 2.05) is 6.07 Å². The number of primary amides is 1. The number of carbonyl (C=O) groups is 3. The summed E-state index contributed by atoms with van der Waals surface area (Å²) in [7, 11) is 0. The van der Waals surface area contributed by atoms with Crippen molar-refractivity contribution in [3.63, 3.8) is 0 Å². The van der Waals surface area contributed by atoms with Crippen molar-refractivity contribution in [1.29, 1.82) is 0 Å². The van der Waals surface area contributed by atoms with Crippen molar-refractivity contribution in [3.05, 3.63) is 21.4 Å². The molecule has 1 aliphatic carbocycles. The summed E-state index contributed by atoms with van der Waals surface area (Å²) >= 11 is 1.49. The summed E-state index contributed by atoms with van der Waals surface area (Å²) in [5.74, 6) is -1.39. The standard InChI is InChI=1S/C18H24N2O4S/c19-17(22)13-6-4-8-20(10-13)16(21)11-24-18(23)15-9-12-5-2-1-3-7-14(12)25-15/h9,13H,1-8,10-11H2,(H2,19,22)/t13-/m1/s1. The number of likely N-dealkylation sites (tertiary alicyclic amines) is 1. The first-order valence-electron chi connectivity index (χ1n) is 8.90. The van der Waals surface area contributed by atoms with Crippen molar-refractivity contribution >= 4 is 29.1 Å². The zero-order valence-corrected chi connectivity index (χ0v) is 15.1. The number of aryl methyl sites for hydroxylation is 2. The summed E-state index contributed by atoms with van der Waals surface area (Å²) in [6.45, 7) is 0.610. The van der Waals surface area contributed by atoms with E-state index >= 15 is 0 Å². The van der Waals surface area contributed by atoms with E-state index in [0.29, 0.717) is 24.4 Å². The summed E-state index contributed by atoms with van der Waals surface area (Å²) in [5.41, 5.74) is 6.58. The first kappa shape index (κ1) is 17.9. The molecule has 0 spiro atoms. The molecule has 1 aliphatic heterocycles. The fourth-order valence-electron chi connectivity index (χ4n) is 3.49. The summed E-state index contributed by atoms with van der Waals surface area (Å²) in [6, 6.07) is 1.92. The summed E-state index contributed by atoms with van der Waals surface area (Å²) in [6.07, 6.45) is 7.04. The number of carbonyl (C=O) groups excluding carboxylic acids is 3. The molecule has 0 saturated carbocycles. The number of nitrogens with two attached hydrogens (primary N) is 1. The fraction of sp³-hybridized carbons (Fsp3) is 0.611. The highest BCUT2D eigenvalue weighted by molar-refractivity contribution is 7.14. The predicted molar refractivity (Wildman–Crippen MR) is 94.4 cm³/mol. The number of hydrogen-bond donors (Lipinski definition) is 1. The van der Waals surface area contributed by atoms with Crippen LogP contribution in [0.25, 0.3) is 0 Å². The number of rotatable bonds is 4. The number of thiophene rings is 1. The first-order valence-corrected chi connectivity index (χ1v) is 9.72. The van der Waals surface area contributed by atoms with Crippen LogP contribution in [0.1, 0.15) is 52.2 Å². The smallest absolute Gasteiger partial charge is 0.348 e. The van der Waals surface area contributed by atoms with Gasteiger partial charge in [0.2, 0.25) is 5.91 Å². The van der Waals surface area contributed by atoms with Crippen LogP contribution in [0.3, 0.4) is 0 Å². The number of piperidine rings is 1. The maximum atomic E-state index is 12.3. The Balaban J connectivity index is 1.53. The van der Waals surface area contributed by atoms with Gasteiger partial charge in [-0.05, 0) is 50.2 Å². The molecule has 136 valence electrons. The molecule has 0 radical (unpaired) electrons. The largest absolute Gasteiger partial charge is 0.451 e. The molecule has 3 rings (SSSR count). The molecule has 1 aromatic rings. The lowest BCUT2D eigenvalue weighted by Gasteiger charge is -2.30. The van der Waals surface area contributed by atoms with Crippen LogP contribution in [0.2, 0.25) is 0 Å². The maximum absolute atomic E-state index is 12.3. The Hall–Kier alpha value is -1.89. The molecule has 2 amide bonds. The minimum atomic E-state index is -0.435. The van der Waals surface area contributed by atoms with Crippen molar-refractivity contribution in [2.24, 2.45) is 11.7 Å². The lowest BCUT2D eigenvalue weighted by Crippen LogP contribution is -2.45. The van der Waals surface area contributed by atoms with Crippen LogP contribution < -0.4 is 5.73 Å². The summed E-state index contributed by atoms with van der Waals surface area (Å²) in [5, 5.41) is 0. The average Bonchev–Trinajstić information content (AvgIpc) is 2.90. The van der Waals surface area contributed by atoms with Gasteiger partial charge in [-0.15, -0.1) is 11.3 Å². The van der Waals surface area contributed by atoms with Gasteiger partial charge >= 0.3 is 5.97 Å². The van der Waals surface area contributed by atoms with Crippen molar-refractivity contribution in [1.82, 2.24) is 4.90 Å². The second-order valence-electron chi connectivity index (χ2n) is 6.78. The van der Waals surface area contributed by atoms with Gasteiger partial charge in [-0.1, -0.05) is 6.42 Å². The molecular formula is C18H24N2O4S. The molecule has 2 aliphatic rings. The van der Waals surface area contributed by atoms with Crippen molar-refractivity contribution in [2.75, 3.05) is 19.7 Å². The van der Waals surface area contributed by atoms with Crippen molar-refractivity contribution < 1.29 is 19.1 Å². The monoisotopic (exact) mass is 364 g/mol. The normalized spacial score (nSPS) is 20.5. The zero-order chi connectivity index (χ0) is 17.8. The quantitative estimate of drug-likeness (QED) is 0.653. The van der Waals surface area contributed by atoms with Crippen LogP contribution in [0, 0.1) is 5.92 Å². The average molecular weight is 364 g/mol. The van der Waals surface area contributed by atoms with E-state index in [9.17, 15) is 14.4 Å². The highest BCUT2D eigenvalue weighted by atomic mass is 32.1. The van der Waals surface area contributed by atoms with Gasteiger partial charge in [-0.25, -0.2) is 4.79 Å². The second kappa shape index (κ2) is 7.99. The molecule has 6 nitrogen and oxygen atoms in total. The van der Waals surface area contributed by atoms with Crippen LogP contribution in [0.4, 0.5) is 0 Å². The molecule has 1 fully saturated rings. The summed E-state index contributed by atoms with van der Waals surface area (Å²) in [4.78, 5) is 39.2. The lowest BCUT2D eigenvalue weighted by molar-refractivity contribution is -0.137. The van der Waals surface area contributed by atoms with Crippen LogP contribution in [0.15, 0.2) is 6.07 Å². The Bertz CT molecular complexity index is 647. The van der Waals surface area contributed by atoms with Gasteiger partial charge in [0, 0.05) is 18.0 Å². The third kappa shape index (κ3) is 4.39. The van der Waals surface area contributed by atoms with Gasteiger partial charge in [-0.3, -0.25) is 9.59 Å². The number of hydrogen-bond acceptors (Lipinski definition) is 5. The highest BCUT2D eigenvalue weighted by Gasteiger charge is 2.27. The van der Waals surface area contributed by atoms with Gasteiger partial charge in [0.1, 0.15) is 4.88 Å². The van der Waals surface area contributed by atoms with Gasteiger partial charge in [0.05, 0.1) is 5.92 Å². The zero-order valence-electron chi connectivity index (χ0n) is 14.3. The Labute approximate surface area is 151 Å². The molecule has 1 atom stereocenters. The molecule has 1 aromatic heterocycles. The second-order valence-corrected chi connectivity index (χ2v) is 7.91. The first-order chi connectivity index (χ1) is 12.0. The van der Waals surface area contributed by atoms with Gasteiger partial charge < -0.3 is 15.4 Å². The van der Waals surface area contributed by atoms with Gasteiger partial charge in [0.15, 0.2) is 6.61 Å². The fourth-order valence-corrected chi connectivity index (χ4v) is 4.64. The van der Waals surface area contributed by atoms with E-state index in [2.05, 4.69) is 0 Å². The van der Waals surface area contributed by atoms with Crippen LogP contribution >= 0.6 is 11.3 Å². The van der Waals surface area contributed by atoms with Crippen molar-refractivity contribution in [2.45, 2.75) is 44.9 Å². The Morgan fingerprint density at radius 2 is 2.00 bits per heavy atom. The van der Waals surface area contributed by atoms with E-state index < -0.39 is 5.97 Å². The molecule has 0 aromatic carbocycles. The van der Waals surface area contributed by atoms with Crippen LogP contribution in [0.5, 0.6) is 0 Å². The number of nitrogens with zero attached hydrogens (tertiary/aromatic N) is 1. The molecule has 0 unspecified atom stereocenters. The minimum absolute atomic E-state index is 0.266. The number of ether oxygens (including phenoxy) is 1. The van der Waals surface area contributed by atoms with Gasteiger partial charge in [0.25, 0.3) is 5.91 Å². The number of amides is 2. The Kier molecular flexibility index (Phi) is 5.73. The van der Waals surface area contributed by atoms with E-state index in [1.165, 1.54) is 28.2 Å². The van der Waals surface area contributed by atoms with Gasteiger partial charge in [-0.2, -0.15) is 0 Å². The Morgan fingerprint density at radius 3 is 2.80 bits per heavy atom.